The van der Waals surface area contributed by atoms with Crippen LogP contribution in [0.4, 0.5) is 31.2 Å². The summed E-state index contributed by atoms with van der Waals surface area (Å²) < 4.78 is 36.5. The highest BCUT2D eigenvalue weighted by molar-refractivity contribution is 6.14. The molecule has 44 heavy (non-hydrogen) atoms. The van der Waals surface area contributed by atoms with E-state index in [2.05, 4.69) is 25.8 Å². The number of carbonyl (C=O) groups is 3. The summed E-state index contributed by atoms with van der Waals surface area (Å²) in [6.45, 7) is 10.3. The van der Waals surface area contributed by atoms with Gasteiger partial charge in [-0.15, -0.1) is 0 Å². The van der Waals surface area contributed by atoms with Gasteiger partial charge >= 0.3 is 12.2 Å². The van der Waals surface area contributed by atoms with E-state index in [1.165, 1.54) is 25.4 Å². The van der Waals surface area contributed by atoms with E-state index >= 15 is 0 Å². The molecule has 0 fully saturated rings. The third-order valence-corrected chi connectivity index (χ3v) is 6.37. The number of aromatic amines is 1. The van der Waals surface area contributed by atoms with Crippen LogP contribution in [0.1, 0.15) is 57.6 Å². The van der Waals surface area contributed by atoms with Crippen molar-refractivity contribution < 1.29 is 37.5 Å². The Hall–Kier alpha value is -5.14. The van der Waals surface area contributed by atoms with Crippen LogP contribution in [0.2, 0.25) is 0 Å². The number of hydrogen-bond acceptors (Lipinski definition) is 10. The van der Waals surface area contributed by atoms with Crippen LogP contribution >= 0.6 is 0 Å². The van der Waals surface area contributed by atoms with E-state index in [9.17, 15) is 18.8 Å². The van der Waals surface area contributed by atoms with Crippen molar-refractivity contribution in [2.45, 2.75) is 59.2 Å². The van der Waals surface area contributed by atoms with Crippen molar-refractivity contribution in [1.82, 2.24) is 20.4 Å². The van der Waals surface area contributed by atoms with Gasteiger partial charge in [-0.05, 0) is 59.7 Å². The lowest BCUT2D eigenvalue weighted by Crippen LogP contribution is -2.44. The molecule has 0 saturated heterocycles. The number of fused-ring (bicyclic) bond motifs is 2. The zero-order valence-electron chi connectivity index (χ0n) is 25.4. The number of nitrogens with one attached hydrogen (secondary N) is 3. The Bertz CT molecular complexity index is 1740. The molecule has 4 heterocycles. The number of halogens is 1. The first-order valence-electron chi connectivity index (χ1n) is 13.8. The Kier molecular flexibility index (Phi) is 7.70. The summed E-state index contributed by atoms with van der Waals surface area (Å²) in [5, 5.41) is 10.0. The first-order valence-corrected chi connectivity index (χ1v) is 13.8. The van der Waals surface area contributed by atoms with Gasteiger partial charge in [0.2, 0.25) is 5.82 Å². The largest absolute Gasteiger partial charge is 0.492 e. The Morgan fingerprint density at radius 2 is 1.75 bits per heavy atom. The van der Waals surface area contributed by atoms with Crippen molar-refractivity contribution in [3.05, 3.63) is 47.5 Å². The van der Waals surface area contributed by atoms with Crippen LogP contribution in [0.3, 0.4) is 0 Å². The molecule has 5 rings (SSSR count). The van der Waals surface area contributed by atoms with Crippen molar-refractivity contribution in [2.24, 2.45) is 0 Å². The summed E-state index contributed by atoms with van der Waals surface area (Å²) in [6.07, 6.45) is -0.145. The second-order valence-corrected chi connectivity index (χ2v) is 12.0. The molecule has 0 atom stereocenters. The lowest BCUT2D eigenvalue weighted by atomic mass is 10.0. The van der Waals surface area contributed by atoms with E-state index in [1.54, 1.807) is 53.7 Å². The van der Waals surface area contributed by atoms with Crippen molar-refractivity contribution in [3.63, 3.8) is 0 Å². The van der Waals surface area contributed by atoms with E-state index in [-0.39, 0.29) is 34.3 Å². The number of imide groups is 1. The summed E-state index contributed by atoms with van der Waals surface area (Å²) in [5.74, 6) is -1.22. The average Bonchev–Trinajstić information content (AvgIpc) is 3.49. The molecular weight excluding hydrogens is 575 g/mol. The maximum absolute atomic E-state index is 14.6. The molecule has 1 aromatic carbocycles. The number of H-pyrrole nitrogens is 1. The SMILES string of the molecule is COc1c(F)cccc1Nc1c(-c2ccnc3c(N(C(=O)OC(C)(C)C)C(=O)OC(C)(C)C)noc23)[nH]c2c1C(=O)NCC2. The van der Waals surface area contributed by atoms with Gasteiger partial charge in [0.1, 0.15) is 11.2 Å². The van der Waals surface area contributed by atoms with Gasteiger partial charge < -0.3 is 34.4 Å². The molecule has 4 aromatic rings. The summed E-state index contributed by atoms with van der Waals surface area (Å²) in [5.41, 5.74) is 0.591. The molecule has 0 spiro atoms. The van der Waals surface area contributed by atoms with Gasteiger partial charge in [0.05, 0.1) is 29.7 Å². The van der Waals surface area contributed by atoms with E-state index < -0.39 is 29.2 Å². The highest BCUT2D eigenvalue weighted by atomic mass is 19.1. The molecule has 1 aliphatic heterocycles. The number of carbonyl (C=O) groups excluding carboxylic acids is 3. The number of nitrogens with zero attached hydrogens (tertiary/aromatic N) is 3. The highest BCUT2D eigenvalue weighted by Gasteiger charge is 2.37. The molecule has 0 aliphatic carbocycles. The molecule has 3 aromatic heterocycles. The number of methoxy groups -OCH3 is 1. The Morgan fingerprint density at radius 1 is 1.07 bits per heavy atom. The van der Waals surface area contributed by atoms with Gasteiger partial charge in [-0.1, -0.05) is 11.2 Å². The smallest absolute Gasteiger partial charge is 0.425 e. The van der Waals surface area contributed by atoms with Gasteiger partial charge in [-0.2, -0.15) is 4.90 Å². The maximum Gasteiger partial charge on any atom is 0.425 e. The molecule has 0 radical (unpaired) electrons. The predicted molar refractivity (Wildman–Crippen MR) is 159 cm³/mol. The predicted octanol–water partition coefficient (Wildman–Crippen LogP) is 6.07. The summed E-state index contributed by atoms with van der Waals surface area (Å²) in [6, 6.07) is 5.99. The highest BCUT2D eigenvalue weighted by Crippen LogP contribution is 2.42. The topological polar surface area (TPSA) is 161 Å². The van der Waals surface area contributed by atoms with Crippen LogP contribution < -0.4 is 20.3 Å². The minimum absolute atomic E-state index is 0.0446. The molecule has 1 aliphatic rings. The molecule has 232 valence electrons. The van der Waals surface area contributed by atoms with Crippen LogP contribution in [-0.2, 0) is 15.9 Å². The van der Waals surface area contributed by atoms with E-state index in [0.29, 0.717) is 46.1 Å². The van der Waals surface area contributed by atoms with Crippen LogP contribution in [0, 0.1) is 5.82 Å². The third-order valence-electron chi connectivity index (χ3n) is 6.37. The molecule has 3 amide bonds. The quantitative estimate of drug-likeness (QED) is 0.242. The third kappa shape index (κ3) is 5.87. The van der Waals surface area contributed by atoms with Crippen LogP contribution in [0.25, 0.3) is 22.4 Å². The number of para-hydroxylation sites is 1. The second kappa shape index (κ2) is 11.2. The number of benzene rings is 1. The van der Waals surface area contributed by atoms with Gasteiger partial charge in [0.15, 0.2) is 22.7 Å². The summed E-state index contributed by atoms with van der Waals surface area (Å²) >= 11 is 0. The fourth-order valence-electron chi connectivity index (χ4n) is 4.69. The van der Waals surface area contributed by atoms with Crippen LogP contribution in [0.15, 0.2) is 35.0 Å². The zero-order valence-corrected chi connectivity index (χ0v) is 25.4. The lowest BCUT2D eigenvalue weighted by molar-refractivity contribution is 0.0427. The second-order valence-electron chi connectivity index (χ2n) is 12.0. The lowest BCUT2D eigenvalue weighted by Gasteiger charge is -2.27. The number of anilines is 3. The standard InChI is InChI=1S/C30H33FN6O7/c1-29(2,3)42-27(39)37(28(40)43-30(4,5)6)25-22-23(44-36-25)15(11-13-32-22)20-21(19-17(34-20)12-14-33-26(19)38)35-18-10-8-9-16(31)24(18)41-7/h8-11,13,34-35H,12,14H2,1-7H3,(H,33,38). The van der Waals surface area contributed by atoms with Crippen molar-refractivity contribution in [1.29, 1.82) is 0 Å². The zero-order chi connectivity index (χ0) is 32.0. The Balaban J connectivity index is 1.68. The number of pyridine rings is 1. The molecule has 14 heteroatoms. The van der Waals surface area contributed by atoms with E-state index in [4.69, 9.17) is 18.7 Å². The number of ether oxygens (including phenoxy) is 3. The van der Waals surface area contributed by atoms with Crippen molar-refractivity contribution in [3.8, 4) is 17.0 Å². The van der Waals surface area contributed by atoms with Crippen molar-refractivity contribution >= 4 is 46.4 Å². The molecule has 0 saturated carbocycles. The van der Waals surface area contributed by atoms with Crippen LogP contribution in [0.5, 0.6) is 5.75 Å². The van der Waals surface area contributed by atoms with Crippen molar-refractivity contribution in [2.75, 3.05) is 23.9 Å². The summed E-state index contributed by atoms with van der Waals surface area (Å²) in [7, 11) is 1.34. The molecule has 3 N–H and O–H groups in total. The first kappa shape index (κ1) is 30.3. The minimum Gasteiger partial charge on any atom is -0.492 e. The Labute approximate surface area is 252 Å². The number of hydrogen-bond donors (Lipinski definition) is 3. The monoisotopic (exact) mass is 608 g/mol. The maximum atomic E-state index is 14.6. The van der Waals surface area contributed by atoms with E-state index in [1.807, 2.05) is 0 Å². The Morgan fingerprint density at radius 3 is 2.39 bits per heavy atom. The van der Waals surface area contributed by atoms with Crippen LogP contribution in [-0.4, -0.2) is 58.1 Å². The molecule has 0 unspecified atom stereocenters. The first-order chi connectivity index (χ1) is 20.7. The van der Waals surface area contributed by atoms with Gasteiger partial charge in [0, 0.05) is 30.4 Å². The normalized spacial score (nSPS) is 13.2. The molecular formula is C30H33FN6O7. The number of aromatic nitrogens is 3. The van der Waals surface area contributed by atoms with Gasteiger partial charge in [-0.3, -0.25) is 4.79 Å². The number of rotatable bonds is 5. The molecule has 0 bridgehead atoms. The summed E-state index contributed by atoms with van der Waals surface area (Å²) in [4.78, 5) is 47.9. The fourth-order valence-corrected chi connectivity index (χ4v) is 4.69. The van der Waals surface area contributed by atoms with Gasteiger partial charge in [0.25, 0.3) is 5.91 Å². The molecule has 13 nitrogen and oxygen atoms in total. The average molecular weight is 609 g/mol. The van der Waals surface area contributed by atoms with Gasteiger partial charge in [-0.25, -0.2) is 19.0 Å². The van der Waals surface area contributed by atoms with E-state index in [0.717, 1.165) is 0 Å². The fraction of sp³-hybridized carbons (Fsp3) is 0.367. The minimum atomic E-state index is -1.04. The number of amides is 3.